The molecule has 0 fully saturated rings. The molecule has 0 radical (unpaired) electrons. The molecule has 3 aliphatic heterocycles. The first-order chi connectivity index (χ1) is 26.0. The van der Waals surface area contributed by atoms with E-state index in [2.05, 4.69) is 15.8 Å². The van der Waals surface area contributed by atoms with Crippen molar-refractivity contribution in [3.05, 3.63) is 66.8 Å². The van der Waals surface area contributed by atoms with Crippen molar-refractivity contribution >= 4 is 23.7 Å². The number of benzene rings is 3. The van der Waals surface area contributed by atoms with Crippen LogP contribution in [0.3, 0.4) is 0 Å². The second kappa shape index (κ2) is 13.9. The molecule has 300 valence electrons. The summed E-state index contributed by atoms with van der Waals surface area (Å²) in [6, 6.07) is 0. The maximum Gasteiger partial charge on any atom is 0.378 e. The number of nitrogens with one attached hydrogen (secondary N) is 2. The van der Waals surface area contributed by atoms with Gasteiger partial charge in [-0.1, -0.05) is 0 Å². The fourth-order valence-electron chi connectivity index (χ4n) is 7.95. The first kappa shape index (κ1) is 40.2. The van der Waals surface area contributed by atoms with E-state index in [4.69, 9.17) is 19.0 Å². The van der Waals surface area contributed by atoms with Crippen molar-refractivity contribution in [2.45, 2.75) is 138 Å². The maximum atomic E-state index is 14.2. The number of guanidine groups is 1. The summed E-state index contributed by atoms with van der Waals surface area (Å²) in [6.07, 6.45) is 1.96. The lowest BCUT2D eigenvalue weighted by Gasteiger charge is -2.37. The molecule has 3 aromatic rings. The average Bonchev–Trinajstić information content (AvgIpc) is 3.17. The Morgan fingerprint density at radius 3 is 1.16 bits per heavy atom. The SMILES string of the molecule is Cc1c(C)c2c(c(C)c1O)CCC(C)(C(=O)NC(=NOC(=O)C1(C)CCc3c(C)c(O)c(C)c(C)c3O1)NC(=O)C1(C)CCc3c(C)c(O)c(C)c(C)c3O1)O2. The van der Waals surface area contributed by atoms with Crippen LogP contribution in [0.2, 0.25) is 0 Å². The number of amides is 2. The second-order valence-corrected chi connectivity index (χ2v) is 16.3. The third kappa shape index (κ3) is 6.44. The Bertz CT molecular complexity index is 2160. The molecule has 3 aromatic carbocycles. The van der Waals surface area contributed by atoms with Crippen molar-refractivity contribution in [3.8, 4) is 34.5 Å². The number of hydrogen-bond donors (Lipinski definition) is 5. The van der Waals surface area contributed by atoms with E-state index in [0.29, 0.717) is 86.6 Å². The summed E-state index contributed by atoms with van der Waals surface area (Å²) >= 11 is 0. The van der Waals surface area contributed by atoms with E-state index in [1.54, 1.807) is 48.5 Å². The number of carbonyl (C=O) groups excluding carboxylic acids is 3. The smallest absolute Gasteiger partial charge is 0.378 e. The largest absolute Gasteiger partial charge is 0.507 e. The zero-order chi connectivity index (χ0) is 41.4. The molecule has 3 aliphatic rings. The van der Waals surface area contributed by atoms with Crippen LogP contribution in [0.1, 0.15) is 107 Å². The third-order valence-corrected chi connectivity index (χ3v) is 12.6. The molecule has 0 aromatic heterocycles. The van der Waals surface area contributed by atoms with Crippen LogP contribution in [-0.2, 0) is 38.5 Å². The lowest BCUT2D eigenvalue weighted by atomic mass is 9.86. The van der Waals surface area contributed by atoms with Gasteiger partial charge in [0, 0.05) is 36.0 Å². The summed E-state index contributed by atoms with van der Waals surface area (Å²) in [5.74, 6) is -0.587. The molecule has 5 N–H and O–H groups in total. The zero-order valence-electron chi connectivity index (χ0n) is 34.4. The Labute approximate surface area is 327 Å². The van der Waals surface area contributed by atoms with Gasteiger partial charge in [0.2, 0.25) is 11.6 Å². The van der Waals surface area contributed by atoms with Crippen molar-refractivity contribution in [2.24, 2.45) is 5.16 Å². The second-order valence-electron chi connectivity index (χ2n) is 16.3. The number of rotatable bonds is 4. The quantitative estimate of drug-likeness (QED) is 0.0876. The minimum Gasteiger partial charge on any atom is -0.507 e. The predicted octanol–water partition coefficient (Wildman–Crippen LogP) is 6.28. The van der Waals surface area contributed by atoms with Crippen LogP contribution in [0.5, 0.6) is 34.5 Å². The first-order valence-corrected chi connectivity index (χ1v) is 19.0. The number of ether oxygens (including phenoxy) is 3. The molecule has 2 amide bonds. The van der Waals surface area contributed by atoms with E-state index >= 15 is 0 Å². The number of carbonyl (C=O) groups is 3. The Morgan fingerprint density at radius 1 is 0.518 bits per heavy atom. The van der Waals surface area contributed by atoms with Crippen LogP contribution in [-0.4, -0.2) is 55.9 Å². The molecule has 3 heterocycles. The minimum absolute atomic E-state index is 0.187. The topological polar surface area (TPSA) is 185 Å². The lowest BCUT2D eigenvalue weighted by Crippen LogP contribution is -2.59. The minimum atomic E-state index is -1.49. The van der Waals surface area contributed by atoms with Crippen LogP contribution in [0, 0.1) is 62.3 Å². The Morgan fingerprint density at radius 2 is 0.821 bits per heavy atom. The van der Waals surface area contributed by atoms with E-state index in [-0.39, 0.29) is 36.5 Å². The van der Waals surface area contributed by atoms with E-state index in [9.17, 15) is 29.7 Å². The van der Waals surface area contributed by atoms with Gasteiger partial charge in [-0.3, -0.25) is 20.2 Å². The van der Waals surface area contributed by atoms with E-state index in [1.807, 2.05) is 34.6 Å². The molecule has 3 unspecified atom stereocenters. The van der Waals surface area contributed by atoms with Crippen LogP contribution >= 0.6 is 0 Å². The van der Waals surface area contributed by atoms with Gasteiger partial charge in [-0.05, 0) is 158 Å². The average molecular weight is 772 g/mol. The Balaban J connectivity index is 1.30. The number of aromatic hydroxyl groups is 3. The standard InChI is InChI=1S/C43H53N3O10/c1-19-22(4)34-28(25(7)31(19)47)13-16-41(10,53-34)37(50)44-40(45-38(51)42(11)17-14-29-26(8)32(48)20(2)23(5)35(29)54-42)46-56-39(52)43(12)18-15-30-27(9)33(49)21(3)24(6)36(30)55-43/h47-49H,13-18H2,1-12H3,(H2,44,45,46,50,51). The molecule has 6 rings (SSSR count). The summed E-state index contributed by atoms with van der Waals surface area (Å²) < 4.78 is 19.0. The van der Waals surface area contributed by atoms with Crippen molar-refractivity contribution in [1.29, 1.82) is 0 Å². The summed E-state index contributed by atoms with van der Waals surface area (Å²) in [7, 11) is 0. The van der Waals surface area contributed by atoms with E-state index in [0.717, 1.165) is 16.7 Å². The molecule has 0 saturated carbocycles. The van der Waals surface area contributed by atoms with Crippen molar-refractivity contribution in [1.82, 2.24) is 10.6 Å². The first-order valence-electron chi connectivity index (χ1n) is 19.0. The molecule has 0 saturated heterocycles. The van der Waals surface area contributed by atoms with Gasteiger partial charge in [0.1, 0.15) is 34.5 Å². The highest BCUT2D eigenvalue weighted by molar-refractivity contribution is 6.08. The zero-order valence-corrected chi connectivity index (χ0v) is 34.4. The van der Waals surface area contributed by atoms with Crippen LogP contribution in [0.15, 0.2) is 5.16 Å². The van der Waals surface area contributed by atoms with Crippen LogP contribution < -0.4 is 24.8 Å². The number of hydrogen-bond acceptors (Lipinski definition) is 11. The van der Waals surface area contributed by atoms with Gasteiger partial charge >= 0.3 is 5.97 Å². The number of nitrogens with zero attached hydrogens (tertiary/aromatic N) is 1. The number of phenols is 3. The molecule has 0 aliphatic carbocycles. The summed E-state index contributed by atoms with van der Waals surface area (Å²) in [5.41, 5.74) is 4.12. The van der Waals surface area contributed by atoms with Gasteiger partial charge in [0.25, 0.3) is 11.8 Å². The molecular formula is C43H53N3O10. The highest BCUT2D eigenvalue weighted by Crippen LogP contribution is 2.46. The highest BCUT2D eigenvalue weighted by atomic mass is 16.7. The predicted molar refractivity (Wildman–Crippen MR) is 209 cm³/mol. The van der Waals surface area contributed by atoms with Crippen molar-refractivity contribution in [3.63, 3.8) is 0 Å². The summed E-state index contributed by atoms with van der Waals surface area (Å²) in [6.45, 7) is 21.0. The highest BCUT2D eigenvalue weighted by Gasteiger charge is 2.46. The van der Waals surface area contributed by atoms with Crippen molar-refractivity contribution in [2.75, 3.05) is 0 Å². The maximum absolute atomic E-state index is 14.2. The van der Waals surface area contributed by atoms with E-state index in [1.165, 1.54) is 0 Å². The molecule has 13 nitrogen and oxygen atoms in total. The molecule has 13 heteroatoms. The Kier molecular flexibility index (Phi) is 10.0. The normalized spacial score (nSPS) is 22.2. The van der Waals surface area contributed by atoms with Crippen LogP contribution in [0.4, 0.5) is 0 Å². The van der Waals surface area contributed by atoms with Gasteiger partial charge < -0.3 is 34.4 Å². The monoisotopic (exact) mass is 771 g/mol. The lowest BCUT2D eigenvalue weighted by molar-refractivity contribution is -0.162. The molecule has 56 heavy (non-hydrogen) atoms. The number of phenolic OH excluding ortho intramolecular Hbond substituents is 3. The van der Waals surface area contributed by atoms with Gasteiger partial charge in [-0.25, -0.2) is 4.79 Å². The van der Waals surface area contributed by atoms with E-state index < -0.39 is 40.5 Å². The number of oxime groups is 1. The molecule has 0 spiro atoms. The molecule has 3 atom stereocenters. The van der Waals surface area contributed by atoms with Gasteiger partial charge in [0.15, 0.2) is 11.2 Å². The molecule has 0 bridgehead atoms. The van der Waals surface area contributed by atoms with Gasteiger partial charge in [-0.15, -0.1) is 0 Å². The summed E-state index contributed by atoms with van der Waals surface area (Å²) in [4.78, 5) is 47.6. The fraction of sp³-hybridized carbons (Fsp3) is 0.488. The third-order valence-electron chi connectivity index (χ3n) is 12.6. The van der Waals surface area contributed by atoms with Crippen LogP contribution in [0.25, 0.3) is 0 Å². The van der Waals surface area contributed by atoms with Crippen molar-refractivity contribution < 1.29 is 48.8 Å². The number of fused-ring (bicyclic) bond motifs is 3. The molecular weight excluding hydrogens is 718 g/mol. The van der Waals surface area contributed by atoms with Gasteiger partial charge in [-0.2, -0.15) is 0 Å². The van der Waals surface area contributed by atoms with Gasteiger partial charge in [0.05, 0.1) is 0 Å². The summed E-state index contributed by atoms with van der Waals surface area (Å²) in [5, 5.41) is 41.3. The Hall–Kier alpha value is -5.46. The fourth-order valence-corrected chi connectivity index (χ4v) is 7.95.